The molecule has 1 aliphatic heterocycles. The van der Waals surface area contributed by atoms with E-state index in [4.69, 9.17) is 4.74 Å². The Morgan fingerprint density at radius 1 is 1.06 bits per heavy atom. The summed E-state index contributed by atoms with van der Waals surface area (Å²) in [4.78, 5) is 2.13. The molecule has 2 heterocycles. The summed E-state index contributed by atoms with van der Waals surface area (Å²) < 4.78 is 58.2. The first kappa shape index (κ1) is 21.3. The van der Waals surface area contributed by atoms with E-state index in [1.54, 1.807) is 7.11 Å². The van der Waals surface area contributed by atoms with Crippen molar-refractivity contribution in [1.82, 2.24) is 15.5 Å². The van der Waals surface area contributed by atoms with Crippen molar-refractivity contribution >= 4 is 16.6 Å². The maximum absolute atomic E-state index is 13.3. The molecule has 1 fully saturated rings. The van der Waals surface area contributed by atoms with Gasteiger partial charge in [-0.1, -0.05) is 24.3 Å². The van der Waals surface area contributed by atoms with Crippen molar-refractivity contribution in [1.29, 1.82) is 0 Å². The highest BCUT2D eigenvalue weighted by Crippen LogP contribution is 2.33. The lowest BCUT2D eigenvalue weighted by atomic mass is 10.0. The van der Waals surface area contributed by atoms with Gasteiger partial charge < -0.3 is 15.0 Å². The van der Waals surface area contributed by atoms with Gasteiger partial charge in [-0.15, -0.1) is 10.2 Å². The molecule has 4 rings (SSSR count). The Kier molecular flexibility index (Phi) is 5.95. The molecule has 9 heteroatoms. The third-order valence-corrected chi connectivity index (χ3v) is 5.58. The van der Waals surface area contributed by atoms with Gasteiger partial charge in [-0.25, -0.2) is 4.39 Å². The molecule has 0 amide bonds. The minimum absolute atomic E-state index is 0.0328. The summed E-state index contributed by atoms with van der Waals surface area (Å²) >= 11 is 0. The predicted octanol–water partition coefficient (Wildman–Crippen LogP) is 4.55. The van der Waals surface area contributed by atoms with E-state index in [-0.39, 0.29) is 18.2 Å². The van der Waals surface area contributed by atoms with Gasteiger partial charge in [0.2, 0.25) is 5.88 Å². The number of rotatable bonds is 5. The number of anilines is 1. The van der Waals surface area contributed by atoms with E-state index in [0.29, 0.717) is 25.0 Å². The van der Waals surface area contributed by atoms with Crippen molar-refractivity contribution in [3.05, 3.63) is 59.4 Å². The molecule has 0 atom stereocenters. The van der Waals surface area contributed by atoms with E-state index in [1.807, 2.05) is 24.3 Å². The Labute approximate surface area is 177 Å². The quantitative estimate of drug-likeness (QED) is 0.597. The SMILES string of the molecule is COc1nnc(N2CCC(NCc3ccc(F)cc3C(F)(F)F)CC2)c2ccccc12. The highest BCUT2D eigenvalue weighted by atomic mass is 19.4. The minimum Gasteiger partial charge on any atom is -0.479 e. The van der Waals surface area contributed by atoms with Gasteiger partial charge in [0.05, 0.1) is 12.7 Å². The fourth-order valence-electron chi connectivity index (χ4n) is 3.97. The highest BCUT2D eigenvalue weighted by Gasteiger charge is 2.34. The number of nitrogens with zero attached hydrogens (tertiary/aromatic N) is 3. The van der Waals surface area contributed by atoms with E-state index in [0.717, 1.165) is 35.5 Å². The number of nitrogens with one attached hydrogen (secondary N) is 1. The normalized spacial score (nSPS) is 15.5. The van der Waals surface area contributed by atoms with Crippen LogP contribution in [0, 0.1) is 5.82 Å². The molecule has 1 aromatic heterocycles. The van der Waals surface area contributed by atoms with Gasteiger partial charge in [0.1, 0.15) is 5.82 Å². The number of aromatic nitrogens is 2. The van der Waals surface area contributed by atoms with E-state index < -0.39 is 17.6 Å². The molecule has 0 bridgehead atoms. The van der Waals surface area contributed by atoms with E-state index in [1.165, 1.54) is 6.07 Å². The molecular weight excluding hydrogens is 412 g/mol. The molecule has 0 unspecified atom stereocenters. The van der Waals surface area contributed by atoms with Crippen molar-refractivity contribution in [3.63, 3.8) is 0 Å². The monoisotopic (exact) mass is 434 g/mol. The number of halogens is 4. The summed E-state index contributed by atoms with van der Waals surface area (Å²) in [5.41, 5.74) is -0.888. The fraction of sp³-hybridized carbons (Fsp3) is 0.364. The minimum atomic E-state index is -4.59. The molecule has 5 nitrogen and oxygen atoms in total. The summed E-state index contributed by atoms with van der Waals surface area (Å²) in [6, 6.07) is 10.6. The van der Waals surface area contributed by atoms with Crippen LogP contribution in [0.5, 0.6) is 5.88 Å². The van der Waals surface area contributed by atoms with Gasteiger partial charge in [-0.3, -0.25) is 0 Å². The summed E-state index contributed by atoms with van der Waals surface area (Å²) in [6.45, 7) is 1.42. The first-order valence-electron chi connectivity index (χ1n) is 10.00. The molecule has 1 aliphatic rings. The number of fused-ring (bicyclic) bond motifs is 1. The van der Waals surface area contributed by atoms with Gasteiger partial charge in [-0.2, -0.15) is 13.2 Å². The third-order valence-electron chi connectivity index (χ3n) is 5.58. The second kappa shape index (κ2) is 8.66. The Hall–Kier alpha value is -2.94. The Bertz CT molecular complexity index is 1070. The van der Waals surface area contributed by atoms with Gasteiger partial charge in [0.25, 0.3) is 0 Å². The first-order valence-corrected chi connectivity index (χ1v) is 10.00. The van der Waals surface area contributed by atoms with Gasteiger partial charge in [-0.05, 0) is 36.6 Å². The van der Waals surface area contributed by atoms with E-state index in [2.05, 4.69) is 20.4 Å². The first-order chi connectivity index (χ1) is 14.9. The second-order valence-corrected chi connectivity index (χ2v) is 7.52. The molecule has 0 radical (unpaired) electrons. The third kappa shape index (κ3) is 4.56. The van der Waals surface area contributed by atoms with Crippen molar-refractivity contribution in [2.24, 2.45) is 0 Å². The van der Waals surface area contributed by atoms with Crippen molar-refractivity contribution < 1.29 is 22.3 Å². The number of ether oxygens (including phenoxy) is 1. The number of piperidine rings is 1. The molecular formula is C22H22F4N4O. The number of hydrogen-bond acceptors (Lipinski definition) is 5. The molecule has 2 aromatic carbocycles. The van der Waals surface area contributed by atoms with E-state index in [9.17, 15) is 17.6 Å². The maximum atomic E-state index is 13.3. The number of benzene rings is 2. The fourth-order valence-corrected chi connectivity index (χ4v) is 3.97. The highest BCUT2D eigenvalue weighted by molar-refractivity contribution is 5.95. The lowest BCUT2D eigenvalue weighted by Gasteiger charge is -2.33. The average Bonchev–Trinajstić information content (AvgIpc) is 2.77. The molecule has 1 N–H and O–H groups in total. The molecule has 0 aliphatic carbocycles. The second-order valence-electron chi connectivity index (χ2n) is 7.52. The lowest BCUT2D eigenvalue weighted by Crippen LogP contribution is -2.42. The van der Waals surface area contributed by atoms with Gasteiger partial charge in [0.15, 0.2) is 5.82 Å². The lowest BCUT2D eigenvalue weighted by molar-refractivity contribution is -0.138. The zero-order chi connectivity index (χ0) is 22.0. The van der Waals surface area contributed by atoms with Crippen LogP contribution in [0.2, 0.25) is 0 Å². The Morgan fingerprint density at radius 2 is 1.77 bits per heavy atom. The molecule has 0 saturated carbocycles. The van der Waals surface area contributed by atoms with Crippen LogP contribution in [-0.2, 0) is 12.7 Å². The zero-order valence-corrected chi connectivity index (χ0v) is 16.9. The molecule has 31 heavy (non-hydrogen) atoms. The van der Waals surface area contributed by atoms with Gasteiger partial charge >= 0.3 is 6.18 Å². The van der Waals surface area contributed by atoms with Crippen LogP contribution in [0.15, 0.2) is 42.5 Å². The van der Waals surface area contributed by atoms with Crippen LogP contribution in [0.3, 0.4) is 0 Å². The van der Waals surface area contributed by atoms with Crippen molar-refractivity contribution in [2.75, 3.05) is 25.1 Å². The topological polar surface area (TPSA) is 50.3 Å². The zero-order valence-electron chi connectivity index (χ0n) is 16.9. The molecule has 1 saturated heterocycles. The van der Waals surface area contributed by atoms with Crippen LogP contribution in [-0.4, -0.2) is 36.4 Å². The predicted molar refractivity (Wildman–Crippen MR) is 110 cm³/mol. The van der Waals surface area contributed by atoms with Crippen molar-refractivity contribution in [2.45, 2.75) is 31.6 Å². The van der Waals surface area contributed by atoms with Crippen LogP contribution in [0.1, 0.15) is 24.0 Å². The van der Waals surface area contributed by atoms with Crippen LogP contribution >= 0.6 is 0 Å². The largest absolute Gasteiger partial charge is 0.479 e. The molecule has 164 valence electrons. The summed E-state index contributed by atoms with van der Waals surface area (Å²) in [5.74, 6) is 0.348. The summed E-state index contributed by atoms with van der Waals surface area (Å²) in [5, 5.41) is 13.5. The number of hydrogen-bond donors (Lipinski definition) is 1. The smallest absolute Gasteiger partial charge is 0.416 e. The van der Waals surface area contributed by atoms with Crippen molar-refractivity contribution in [3.8, 4) is 5.88 Å². The van der Waals surface area contributed by atoms with Crippen LogP contribution in [0.25, 0.3) is 10.8 Å². The van der Waals surface area contributed by atoms with Crippen LogP contribution < -0.4 is 15.0 Å². The maximum Gasteiger partial charge on any atom is 0.416 e. The Morgan fingerprint density at radius 3 is 2.45 bits per heavy atom. The summed E-state index contributed by atoms with van der Waals surface area (Å²) in [6.07, 6.45) is -3.11. The average molecular weight is 434 g/mol. The summed E-state index contributed by atoms with van der Waals surface area (Å²) in [7, 11) is 1.55. The Balaban J connectivity index is 1.42. The standard InChI is InChI=1S/C22H22F4N4O/c1-31-21-18-5-3-2-4-17(18)20(28-29-21)30-10-8-16(9-11-30)27-13-14-6-7-15(23)12-19(14)22(24,25)26/h2-7,12,16,27H,8-11,13H2,1H3. The van der Waals surface area contributed by atoms with E-state index >= 15 is 0 Å². The van der Waals surface area contributed by atoms with Gasteiger partial charge in [0, 0.05) is 36.4 Å². The number of methoxy groups -OCH3 is 1. The number of alkyl halides is 3. The molecule has 0 spiro atoms. The van der Waals surface area contributed by atoms with Crippen LogP contribution in [0.4, 0.5) is 23.4 Å². The molecule has 3 aromatic rings.